The first-order valence-corrected chi connectivity index (χ1v) is 21.6. The van der Waals surface area contributed by atoms with E-state index in [2.05, 4.69) is 263 Å². The van der Waals surface area contributed by atoms with Crippen molar-refractivity contribution in [3.05, 3.63) is 249 Å². The molecule has 0 bridgehead atoms. The maximum atomic E-state index is 2.44. The molecule has 0 aliphatic heterocycles. The van der Waals surface area contributed by atoms with Crippen LogP contribution in [-0.2, 0) is 0 Å². The van der Waals surface area contributed by atoms with Gasteiger partial charge in [0.1, 0.15) is 0 Å². The van der Waals surface area contributed by atoms with Gasteiger partial charge in [-0.15, -0.1) is 0 Å². The Hall–Kier alpha value is -8.40. The normalized spacial score (nSPS) is 11.5. The van der Waals surface area contributed by atoms with Crippen LogP contribution in [-0.4, -0.2) is 9.13 Å². The number of anilines is 3. The summed E-state index contributed by atoms with van der Waals surface area (Å²) < 4.78 is 4.83. The summed E-state index contributed by atoms with van der Waals surface area (Å²) in [4.78, 5) is 2.44. The molecule has 0 N–H and O–H groups in total. The van der Waals surface area contributed by atoms with Crippen molar-refractivity contribution in [2.75, 3.05) is 4.90 Å². The zero-order chi connectivity index (χ0) is 41.7. The molecule has 0 fully saturated rings. The second kappa shape index (κ2) is 15.3. The van der Waals surface area contributed by atoms with Gasteiger partial charge in [0.2, 0.25) is 0 Å². The van der Waals surface area contributed by atoms with Crippen molar-refractivity contribution in [3.8, 4) is 44.8 Å². The van der Waals surface area contributed by atoms with Crippen molar-refractivity contribution in [3.63, 3.8) is 0 Å². The van der Waals surface area contributed by atoms with Crippen LogP contribution in [0.15, 0.2) is 249 Å². The molecule has 63 heavy (non-hydrogen) atoms. The number of fused-ring (bicyclic) bond motifs is 6. The van der Waals surface area contributed by atoms with Crippen molar-refractivity contribution in [1.29, 1.82) is 0 Å². The van der Waals surface area contributed by atoms with E-state index in [0.717, 1.165) is 39.5 Å². The lowest BCUT2D eigenvalue weighted by Gasteiger charge is -2.26. The summed E-state index contributed by atoms with van der Waals surface area (Å²) >= 11 is 0. The highest BCUT2D eigenvalue weighted by molar-refractivity contribution is 6.17. The molecule has 2 heterocycles. The Labute approximate surface area is 366 Å². The van der Waals surface area contributed by atoms with E-state index < -0.39 is 0 Å². The monoisotopic (exact) mass is 803 g/mol. The molecule has 10 aromatic carbocycles. The van der Waals surface area contributed by atoms with Crippen molar-refractivity contribution in [2.24, 2.45) is 0 Å². The smallest absolute Gasteiger partial charge is 0.0547 e. The summed E-state index contributed by atoms with van der Waals surface area (Å²) in [7, 11) is 0. The minimum absolute atomic E-state index is 1.08. The molecule has 12 rings (SSSR count). The Morgan fingerprint density at radius 1 is 0.254 bits per heavy atom. The highest BCUT2D eigenvalue weighted by Crippen LogP contribution is 2.45. The van der Waals surface area contributed by atoms with E-state index in [1.807, 2.05) is 0 Å². The van der Waals surface area contributed by atoms with Crippen molar-refractivity contribution in [2.45, 2.75) is 0 Å². The molecule has 0 amide bonds. The van der Waals surface area contributed by atoms with Crippen LogP contribution < -0.4 is 4.90 Å². The average Bonchev–Trinajstić information content (AvgIpc) is 3.87. The third kappa shape index (κ3) is 6.29. The summed E-state index contributed by atoms with van der Waals surface area (Å²) in [5, 5.41) is 4.84. The predicted molar refractivity (Wildman–Crippen MR) is 266 cm³/mol. The highest BCUT2D eigenvalue weighted by Gasteiger charge is 2.22. The van der Waals surface area contributed by atoms with E-state index in [1.165, 1.54) is 66.0 Å². The van der Waals surface area contributed by atoms with E-state index in [4.69, 9.17) is 0 Å². The Morgan fingerprint density at radius 3 is 1.35 bits per heavy atom. The lowest BCUT2D eigenvalue weighted by atomic mass is 9.99. The lowest BCUT2D eigenvalue weighted by molar-refractivity contribution is 1.18. The van der Waals surface area contributed by atoms with Gasteiger partial charge in [-0.2, -0.15) is 0 Å². The van der Waals surface area contributed by atoms with Crippen molar-refractivity contribution < 1.29 is 0 Å². The van der Waals surface area contributed by atoms with Crippen LogP contribution in [0.4, 0.5) is 17.1 Å². The van der Waals surface area contributed by atoms with Crippen molar-refractivity contribution >= 4 is 60.7 Å². The van der Waals surface area contributed by atoms with Gasteiger partial charge in [-0.25, -0.2) is 0 Å². The van der Waals surface area contributed by atoms with Gasteiger partial charge in [-0.1, -0.05) is 164 Å². The number of aromatic nitrogens is 2. The van der Waals surface area contributed by atoms with Gasteiger partial charge in [0.05, 0.1) is 22.1 Å². The molecule has 12 aromatic rings. The average molecular weight is 804 g/mol. The van der Waals surface area contributed by atoms with Gasteiger partial charge in [0.15, 0.2) is 0 Å². The molecule has 0 unspecified atom stereocenters. The number of hydrogen-bond acceptors (Lipinski definition) is 1. The number of rotatable bonds is 8. The van der Waals surface area contributed by atoms with Crippen LogP contribution in [0.5, 0.6) is 0 Å². The zero-order valence-corrected chi connectivity index (χ0v) is 34.5. The summed E-state index contributed by atoms with van der Waals surface area (Å²) in [6.07, 6.45) is 0. The summed E-state index contributed by atoms with van der Waals surface area (Å²) in [5.41, 5.74) is 17.4. The van der Waals surface area contributed by atoms with Crippen LogP contribution in [0.1, 0.15) is 0 Å². The SMILES string of the molecule is c1ccc(-c2cccc(N(c3ccc4c(c3)c3ccc(-c5ccccc5)cc3n4-c3ccccc3)c3ccc4c(c3)c3c(-c5ccccc5)cccc3n4-c3ccccc3)c2)cc1. The van der Waals surface area contributed by atoms with Crippen LogP contribution in [0.25, 0.3) is 88.4 Å². The van der Waals surface area contributed by atoms with Crippen LogP contribution in [0, 0.1) is 0 Å². The zero-order valence-electron chi connectivity index (χ0n) is 34.5. The fourth-order valence-corrected chi connectivity index (χ4v) is 9.63. The molecule has 0 atom stereocenters. The third-order valence-corrected chi connectivity index (χ3v) is 12.5. The molecule has 0 saturated carbocycles. The van der Waals surface area contributed by atoms with Gasteiger partial charge < -0.3 is 14.0 Å². The molecule has 296 valence electrons. The van der Waals surface area contributed by atoms with Gasteiger partial charge in [-0.3, -0.25) is 0 Å². The Kier molecular flexibility index (Phi) is 8.83. The Morgan fingerprint density at radius 2 is 0.730 bits per heavy atom. The summed E-state index contributed by atoms with van der Waals surface area (Å²) in [5.74, 6) is 0. The molecule has 3 nitrogen and oxygen atoms in total. The summed E-state index contributed by atoms with van der Waals surface area (Å²) in [6.45, 7) is 0. The van der Waals surface area contributed by atoms with E-state index >= 15 is 0 Å². The number of nitrogens with zero attached hydrogens (tertiary/aromatic N) is 3. The van der Waals surface area contributed by atoms with E-state index in [9.17, 15) is 0 Å². The quantitative estimate of drug-likeness (QED) is 0.149. The second-order valence-corrected chi connectivity index (χ2v) is 16.2. The maximum Gasteiger partial charge on any atom is 0.0547 e. The van der Waals surface area contributed by atoms with Gasteiger partial charge in [-0.05, 0) is 118 Å². The molecular formula is C60H41N3. The topological polar surface area (TPSA) is 13.1 Å². The van der Waals surface area contributed by atoms with Gasteiger partial charge >= 0.3 is 0 Å². The van der Waals surface area contributed by atoms with E-state index in [1.54, 1.807) is 0 Å². The minimum Gasteiger partial charge on any atom is -0.310 e. The number of hydrogen-bond donors (Lipinski definition) is 0. The first-order valence-electron chi connectivity index (χ1n) is 21.6. The van der Waals surface area contributed by atoms with Crippen LogP contribution in [0.2, 0.25) is 0 Å². The minimum atomic E-state index is 1.08. The second-order valence-electron chi connectivity index (χ2n) is 16.2. The largest absolute Gasteiger partial charge is 0.310 e. The van der Waals surface area contributed by atoms with Gasteiger partial charge in [0.25, 0.3) is 0 Å². The lowest BCUT2D eigenvalue weighted by Crippen LogP contribution is -2.10. The van der Waals surface area contributed by atoms with Gasteiger partial charge in [0, 0.05) is 50.0 Å². The van der Waals surface area contributed by atoms with E-state index in [0.29, 0.717) is 0 Å². The third-order valence-electron chi connectivity index (χ3n) is 12.5. The Balaban J connectivity index is 1.12. The van der Waals surface area contributed by atoms with Crippen LogP contribution >= 0.6 is 0 Å². The summed E-state index contributed by atoms with van der Waals surface area (Å²) in [6, 6.07) is 90.2. The maximum absolute atomic E-state index is 2.44. The number of benzene rings is 10. The Bertz CT molecular complexity index is 3590. The highest BCUT2D eigenvalue weighted by atomic mass is 15.1. The fraction of sp³-hybridized carbons (Fsp3) is 0. The predicted octanol–water partition coefficient (Wildman–Crippen LogP) is 16.4. The molecule has 0 spiro atoms. The molecule has 3 heteroatoms. The van der Waals surface area contributed by atoms with Crippen LogP contribution in [0.3, 0.4) is 0 Å². The fourth-order valence-electron chi connectivity index (χ4n) is 9.63. The molecular weight excluding hydrogens is 763 g/mol. The van der Waals surface area contributed by atoms with E-state index in [-0.39, 0.29) is 0 Å². The van der Waals surface area contributed by atoms with Crippen molar-refractivity contribution in [1.82, 2.24) is 9.13 Å². The number of para-hydroxylation sites is 2. The standard InChI is InChI=1S/C60H41N3/c1-6-18-42(19-7-1)45-24-16-29-49(38-45)61(50-33-36-56-54(40-50)53-35-32-46(43-20-8-2-9-21-43)39-59(53)63(56)48-27-14-5-15-28-48)51-34-37-57-55(41-51)60-52(44-22-10-3-11-23-44)30-17-31-58(60)62(57)47-25-12-4-13-26-47/h1-41H. The molecule has 0 aliphatic rings. The molecule has 0 aliphatic carbocycles. The molecule has 0 saturated heterocycles. The molecule has 0 radical (unpaired) electrons. The first-order chi connectivity index (χ1) is 31.3. The molecule has 2 aromatic heterocycles. The first kappa shape index (κ1) is 36.5.